The highest BCUT2D eigenvalue weighted by atomic mass is 16.3. The first kappa shape index (κ1) is 11.1. The highest BCUT2D eigenvalue weighted by Crippen LogP contribution is 2.21. The van der Waals surface area contributed by atoms with Crippen molar-refractivity contribution < 1.29 is 9.90 Å². The van der Waals surface area contributed by atoms with Gasteiger partial charge in [-0.05, 0) is 24.5 Å². The highest BCUT2D eigenvalue weighted by molar-refractivity contribution is 5.96. The fourth-order valence-corrected chi connectivity index (χ4v) is 1.94. The Morgan fingerprint density at radius 3 is 3.06 bits per heavy atom. The van der Waals surface area contributed by atoms with Crippen LogP contribution < -0.4 is 10.6 Å². The van der Waals surface area contributed by atoms with Crippen molar-refractivity contribution in [3.8, 4) is 0 Å². The first-order valence-corrected chi connectivity index (χ1v) is 5.54. The average molecular weight is 220 g/mol. The number of hydrogen-bond donors (Lipinski definition) is 3. The number of benzene rings is 1. The van der Waals surface area contributed by atoms with Crippen LogP contribution in [0.4, 0.5) is 5.69 Å². The molecule has 0 fully saturated rings. The molecule has 3 N–H and O–H groups in total. The molecule has 0 bridgehead atoms. The minimum absolute atomic E-state index is 0.0154. The Hall–Kier alpha value is -1.39. The minimum Gasteiger partial charge on any atom is -0.395 e. The van der Waals surface area contributed by atoms with Gasteiger partial charge in [0.2, 0.25) is 5.91 Å². The molecular formula is C12H16N2O2. The standard InChI is InChI=1S/C12H16N2O2/c15-8-7-13-11-6-5-9-3-1-2-4-10(9)14-12(11)16/h1-4,11,13,15H,5-8H2,(H,14,16). The van der Waals surface area contributed by atoms with Crippen LogP contribution in [0.3, 0.4) is 0 Å². The number of carbonyl (C=O) groups excluding carboxylic acids is 1. The number of rotatable bonds is 3. The summed E-state index contributed by atoms with van der Waals surface area (Å²) in [6.45, 7) is 0.505. The minimum atomic E-state index is -0.209. The van der Waals surface area contributed by atoms with Gasteiger partial charge in [-0.2, -0.15) is 0 Å². The van der Waals surface area contributed by atoms with Crippen LogP contribution in [-0.2, 0) is 11.2 Å². The van der Waals surface area contributed by atoms with Crippen molar-refractivity contribution in [1.82, 2.24) is 5.32 Å². The lowest BCUT2D eigenvalue weighted by Crippen LogP contribution is -2.41. The smallest absolute Gasteiger partial charge is 0.241 e. The van der Waals surface area contributed by atoms with Crippen LogP contribution in [-0.4, -0.2) is 30.2 Å². The van der Waals surface area contributed by atoms with Crippen molar-refractivity contribution in [2.24, 2.45) is 0 Å². The summed E-state index contributed by atoms with van der Waals surface area (Å²) in [4.78, 5) is 11.8. The zero-order chi connectivity index (χ0) is 11.4. The summed E-state index contributed by atoms with van der Waals surface area (Å²) in [7, 11) is 0. The number of aryl methyl sites for hydroxylation is 1. The molecule has 1 aliphatic heterocycles. The van der Waals surface area contributed by atoms with Crippen molar-refractivity contribution in [2.75, 3.05) is 18.5 Å². The molecule has 0 saturated carbocycles. The number of aliphatic hydroxyl groups is 1. The largest absolute Gasteiger partial charge is 0.395 e. The molecule has 0 saturated heterocycles. The molecule has 86 valence electrons. The van der Waals surface area contributed by atoms with Gasteiger partial charge >= 0.3 is 0 Å². The van der Waals surface area contributed by atoms with Crippen molar-refractivity contribution >= 4 is 11.6 Å². The third-order valence-corrected chi connectivity index (χ3v) is 2.80. The monoisotopic (exact) mass is 220 g/mol. The number of aliphatic hydroxyl groups excluding tert-OH is 1. The summed E-state index contributed by atoms with van der Waals surface area (Å²) in [5.41, 5.74) is 2.07. The summed E-state index contributed by atoms with van der Waals surface area (Å²) in [6.07, 6.45) is 1.64. The Kier molecular flexibility index (Phi) is 3.54. The number of hydrogen-bond acceptors (Lipinski definition) is 3. The molecule has 1 amide bonds. The molecule has 1 atom stereocenters. The van der Waals surface area contributed by atoms with E-state index in [-0.39, 0.29) is 18.6 Å². The van der Waals surface area contributed by atoms with Gasteiger partial charge in [-0.15, -0.1) is 0 Å². The molecular weight excluding hydrogens is 204 g/mol. The van der Waals surface area contributed by atoms with Gasteiger partial charge in [-0.25, -0.2) is 0 Å². The number of nitrogens with one attached hydrogen (secondary N) is 2. The van der Waals surface area contributed by atoms with Crippen LogP contribution in [0.2, 0.25) is 0 Å². The number of fused-ring (bicyclic) bond motifs is 1. The topological polar surface area (TPSA) is 61.4 Å². The van der Waals surface area contributed by atoms with Crippen molar-refractivity contribution in [1.29, 1.82) is 0 Å². The van der Waals surface area contributed by atoms with Gasteiger partial charge in [0, 0.05) is 12.2 Å². The fourth-order valence-electron chi connectivity index (χ4n) is 1.94. The molecule has 0 spiro atoms. The van der Waals surface area contributed by atoms with E-state index in [1.165, 1.54) is 5.56 Å². The Morgan fingerprint density at radius 2 is 2.25 bits per heavy atom. The fraction of sp³-hybridized carbons (Fsp3) is 0.417. The van der Waals surface area contributed by atoms with Crippen LogP contribution in [0.15, 0.2) is 24.3 Å². The maximum absolute atomic E-state index is 11.8. The van der Waals surface area contributed by atoms with E-state index in [2.05, 4.69) is 10.6 Å². The number of carbonyl (C=O) groups is 1. The summed E-state index contributed by atoms with van der Waals surface area (Å²) in [6, 6.07) is 7.64. The van der Waals surface area contributed by atoms with Gasteiger partial charge in [0.15, 0.2) is 0 Å². The molecule has 16 heavy (non-hydrogen) atoms. The Labute approximate surface area is 94.7 Å². The third-order valence-electron chi connectivity index (χ3n) is 2.80. The normalized spacial score (nSPS) is 19.8. The molecule has 1 unspecified atom stereocenters. The van der Waals surface area contributed by atoms with Crippen molar-refractivity contribution in [3.05, 3.63) is 29.8 Å². The quantitative estimate of drug-likeness (QED) is 0.696. The van der Waals surface area contributed by atoms with E-state index in [0.717, 1.165) is 18.5 Å². The van der Waals surface area contributed by atoms with Crippen LogP contribution in [0, 0.1) is 0 Å². The van der Waals surface area contributed by atoms with E-state index >= 15 is 0 Å². The van der Waals surface area contributed by atoms with E-state index in [4.69, 9.17) is 5.11 Å². The molecule has 0 aromatic heterocycles. The second kappa shape index (κ2) is 5.09. The van der Waals surface area contributed by atoms with Crippen LogP contribution in [0.25, 0.3) is 0 Å². The van der Waals surface area contributed by atoms with Gasteiger partial charge in [0.05, 0.1) is 12.6 Å². The first-order chi connectivity index (χ1) is 7.81. The lowest BCUT2D eigenvalue weighted by atomic mass is 10.1. The van der Waals surface area contributed by atoms with Gasteiger partial charge in [0.1, 0.15) is 0 Å². The van der Waals surface area contributed by atoms with E-state index in [1.54, 1.807) is 0 Å². The third kappa shape index (κ3) is 2.40. The summed E-state index contributed by atoms with van der Waals surface area (Å²) >= 11 is 0. The Bertz CT molecular complexity index is 379. The number of anilines is 1. The van der Waals surface area contributed by atoms with Gasteiger partial charge in [-0.3, -0.25) is 4.79 Å². The molecule has 1 aromatic rings. The van der Waals surface area contributed by atoms with E-state index in [0.29, 0.717) is 6.54 Å². The Morgan fingerprint density at radius 1 is 1.44 bits per heavy atom. The summed E-state index contributed by atoms with van der Waals surface area (Å²) in [5.74, 6) is -0.0154. The van der Waals surface area contributed by atoms with E-state index < -0.39 is 0 Å². The van der Waals surface area contributed by atoms with Gasteiger partial charge in [0.25, 0.3) is 0 Å². The van der Waals surface area contributed by atoms with Crippen molar-refractivity contribution in [3.63, 3.8) is 0 Å². The lowest BCUT2D eigenvalue weighted by Gasteiger charge is -2.13. The molecule has 1 aromatic carbocycles. The maximum Gasteiger partial charge on any atom is 0.241 e. The highest BCUT2D eigenvalue weighted by Gasteiger charge is 2.22. The Balaban J connectivity index is 2.09. The number of amides is 1. The predicted molar refractivity (Wildman–Crippen MR) is 62.3 cm³/mol. The molecule has 1 aliphatic rings. The average Bonchev–Trinajstić information content (AvgIpc) is 2.45. The van der Waals surface area contributed by atoms with E-state index in [1.807, 2.05) is 24.3 Å². The molecule has 4 heteroatoms. The second-order valence-corrected chi connectivity index (χ2v) is 3.92. The predicted octanol–water partition coefficient (Wildman–Crippen LogP) is 0.522. The lowest BCUT2D eigenvalue weighted by molar-refractivity contribution is -0.118. The summed E-state index contributed by atoms with van der Waals surface area (Å²) < 4.78 is 0. The SMILES string of the molecule is O=C1Nc2ccccc2CCC1NCCO. The molecule has 2 rings (SSSR count). The van der Waals surface area contributed by atoms with Gasteiger partial charge < -0.3 is 15.7 Å². The molecule has 0 radical (unpaired) electrons. The number of para-hydroxylation sites is 1. The zero-order valence-corrected chi connectivity index (χ0v) is 9.07. The molecule has 4 nitrogen and oxygen atoms in total. The summed E-state index contributed by atoms with van der Waals surface area (Å²) in [5, 5.41) is 14.7. The van der Waals surface area contributed by atoms with Crippen molar-refractivity contribution in [2.45, 2.75) is 18.9 Å². The van der Waals surface area contributed by atoms with Gasteiger partial charge in [-0.1, -0.05) is 18.2 Å². The molecule has 1 heterocycles. The van der Waals surface area contributed by atoms with Crippen LogP contribution in [0.5, 0.6) is 0 Å². The first-order valence-electron chi connectivity index (χ1n) is 5.54. The van der Waals surface area contributed by atoms with Crippen LogP contribution >= 0.6 is 0 Å². The van der Waals surface area contributed by atoms with Crippen LogP contribution in [0.1, 0.15) is 12.0 Å². The van der Waals surface area contributed by atoms with E-state index in [9.17, 15) is 4.79 Å². The molecule has 0 aliphatic carbocycles. The zero-order valence-electron chi connectivity index (χ0n) is 9.07. The maximum atomic E-state index is 11.8. The second-order valence-electron chi connectivity index (χ2n) is 3.92.